The number of unbranched alkanes of at least 4 members (excludes halogenated alkanes) is 30. The molecule has 0 aromatic rings. The molecule has 0 radical (unpaired) electrons. The van der Waals surface area contributed by atoms with Crippen LogP contribution in [0.4, 0.5) is 0 Å². The van der Waals surface area contributed by atoms with Crippen molar-refractivity contribution in [1.82, 2.24) is 5.32 Å². The van der Waals surface area contributed by atoms with E-state index in [1.807, 2.05) is 0 Å². The van der Waals surface area contributed by atoms with E-state index in [1.54, 1.807) is 0 Å². The van der Waals surface area contributed by atoms with Crippen LogP contribution in [-0.4, -0.2) is 34.9 Å². The molecule has 4 nitrogen and oxygen atoms in total. The lowest BCUT2D eigenvalue weighted by Gasteiger charge is -2.22. The summed E-state index contributed by atoms with van der Waals surface area (Å²) in [7, 11) is 0. The first-order valence-electron chi connectivity index (χ1n) is 26.0. The Bertz CT molecular complexity index is 981. The van der Waals surface area contributed by atoms with Crippen LogP contribution in [0.2, 0.25) is 0 Å². The molecule has 1 amide bonds. The lowest BCUT2D eigenvalue weighted by molar-refractivity contribution is -0.123. The third kappa shape index (κ3) is 47.0. The van der Waals surface area contributed by atoms with Crippen molar-refractivity contribution < 1.29 is 15.0 Å². The van der Waals surface area contributed by atoms with Gasteiger partial charge in [0.2, 0.25) is 5.91 Å². The molecule has 0 heterocycles. The number of hydrogen-bond donors (Lipinski definition) is 3. The van der Waals surface area contributed by atoms with Crippen molar-refractivity contribution in [2.45, 2.75) is 276 Å². The minimum absolute atomic E-state index is 0.0319. The Morgan fingerprint density at radius 2 is 0.746 bits per heavy atom. The smallest absolute Gasteiger partial charge is 0.220 e. The van der Waals surface area contributed by atoms with Crippen LogP contribution >= 0.6 is 0 Å². The predicted molar refractivity (Wildman–Crippen MR) is 262 cm³/mol. The number of amides is 1. The fourth-order valence-electron chi connectivity index (χ4n) is 7.86. The number of nitrogens with one attached hydrogen (secondary N) is 1. The van der Waals surface area contributed by atoms with Gasteiger partial charge in [-0.15, -0.1) is 0 Å². The molecule has 4 heteroatoms. The summed E-state index contributed by atoms with van der Waals surface area (Å²) in [6.07, 6.45) is 70.8. The van der Waals surface area contributed by atoms with Crippen LogP contribution in [0.25, 0.3) is 0 Å². The topological polar surface area (TPSA) is 69.6 Å². The molecule has 0 bridgehead atoms. The zero-order valence-corrected chi connectivity index (χ0v) is 39.5. The maximum Gasteiger partial charge on any atom is 0.220 e. The van der Waals surface area contributed by atoms with Gasteiger partial charge in [-0.3, -0.25) is 4.79 Å². The molecule has 2 unspecified atom stereocenters. The summed E-state index contributed by atoms with van der Waals surface area (Å²) in [5.74, 6) is -0.0319. The van der Waals surface area contributed by atoms with Gasteiger partial charge in [-0.25, -0.2) is 0 Å². The molecule has 0 fully saturated rings. The average Bonchev–Trinajstić information content (AvgIpc) is 3.24. The van der Waals surface area contributed by atoms with Crippen molar-refractivity contribution in [3.63, 3.8) is 0 Å². The average molecular weight is 824 g/mol. The molecular formula is C55H101NO3. The second-order valence-corrected chi connectivity index (χ2v) is 17.6. The van der Waals surface area contributed by atoms with E-state index in [1.165, 1.54) is 180 Å². The first kappa shape index (κ1) is 57.1. The molecule has 0 rings (SSSR count). The lowest BCUT2D eigenvalue weighted by atomic mass is 10.0. The summed E-state index contributed by atoms with van der Waals surface area (Å²) >= 11 is 0. The molecule has 0 aliphatic carbocycles. The molecule has 0 saturated carbocycles. The van der Waals surface area contributed by atoms with Crippen LogP contribution in [0.1, 0.15) is 264 Å². The Balaban J connectivity index is 3.36. The SMILES string of the molecule is CC/C=C\C/C=C\C/C=C\C/C=C\C/C=C\CCCCCCCCCCCCCCCCCCCCCCCCCC(=O)NC(CO)C(O)CCCCCCCCCC. The van der Waals surface area contributed by atoms with E-state index in [0.717, 1.165) is 57.8 Å². The van der Waals surface area contributed by atoms with Crippen molar-refractivity contribution in [3.05, 3.63) is 60.8 Å². The van der Waals surface area contributed by atoms with Crippen LogP contribution in [0, 0.1) is 0 Å². The Morgan fingerprint density at radius 1 is 0.424 bits per heavy atom. The molecule has 0 saturated heterocycles. The first-order valence-corrected chi connectivity index (χ1v) is 26.0. The molecule has 59 heavy (non-hydrogen) atoms. The van der Waals surface area contributed by atoms with E-state index in [0.29, 0.717) is 12.8 Å². The Hall–Kier alpha value is -1.91. The largest absolute Gasteiger partial charge is 0.394 e. The van der Waals surface area contributed by atoms with Gasteiger partial charge in [-0.1, -0.05) is 261 Å². The van der Waals surface area contributed by atoms with Gasteiger partial charge >= 0.3 is 0 Å². The monoisotopic (exact) mass is 824 g/mol. The maximum absolute atomic E-state index is 12.4. The number of rotatable bonds is 47. The van der Waals surface area contributed by atoms with Crippen molar-refractivity contribution in [1.29, 1.82) is 0 Å². The van der Waals surface area contributed by atoms with Crippen LogP contribution < -0.4 is 5.32 Å². The molecule has 0 aromatic carbocycles. The minimum atomic E-state index is -0.655. The lowest BCUT2D eigenvalue weighted by Crippen LogP contribution is -2.45. The van der Waals surface area contributed by atoms with Gasteiger partial charge in [-0.2, -0.15) is 0 Å². The van der Waals surface area contributed by atoms with Gasteiger partial charge in [0.05, 0.1) is 18.8 Å². The highest BCUT2D eigenvalue weighted by molar-refractivity contribution is 5.76. The Kier molecular flexibility index (Phi) is 48.8. The predicted octanol–water partition coefficient (Wildman–Crippen LogP) is 16.9. The molecule has 0 aromatic heterocycles. The van der Waals surface area contributed by atoms with E-state index in [2.05, 4.69) is 79.9 Å². The van der Waals surface area contributed by atoms with Gasteiger partial charge in [0.25, 0.3) is 0 Å². The second kappa shape index (κ2) is 50.4. The van der Waals surface area contributed by atoms with Crippen molar-refractivity contribution in [3.8, 4) is 0 Å². The van der Waals surface area contributed by atoms with Gasteiger partial charge in [-0.05, 0) is 57.8 Å². The second-order valence-electron chi connectivity index (χ2n) is 17.6. The first-order chi connectivity index (χ1) is 29.2. The molecule has 3 N–H and O–H groups in total. The molecule has 0 aliphatic heterocycles. The van der Waals surface area contributed by atoms with Crippen molar-refractivity contribution >= 4 is 5.91 Å². The highest BCUT2D eigenvalue weighted by atomic mass is 16.3. The van der Waals surface area contributed by atoms with Gasteiger partial charge in [0.1, 0.15) is 0 Å². The number of allylic oxidation sites excluding steroid dienone is 10. The summed E-state index contributed by atoms with van der Waals surface area (Å²) in [4.78, 5) is 12.4. The number of carbonyl (C=O) groups is 1. The zero-order valence-electron chi connectivity index (χ0n) is 39.5. The third-order valence-electron chi connectivity index (χ3n) is 11.8. The fraction of sp³-hybridized carbons (Fsp3) is 0.800. The molecular weight excluding hydrogens is 723 g/mol. The summed E-state index contributed by atoms with van der Waals surface area (Å²) in [6.45, 7) is 4.22. The molecule has 344 valence electrons. The summed E-state index contributed by atoms with van der Waals surface area (Å²) in [5, 5.41) is 23.0. The van der Waals surface area contributed by atoms with Crippen LogP contribution in [0.5, 0.6) is 0 Å². The number of hydrogen-bond acceptors (Lipinski definition) is 3. The molecule has 0 spiro atoms. The third-order valence-corrected chi connectivity index (χ3v) is 11.8. The quantitative estimate of drug-likeness (QED) is 0.0423. The van der Waals surface area contributed by atoms with Crippen molar-refractivity contribution in [2.75, 3.05) is 6.61 Å². The van der Waals surface area contributed by atoms with Crippen LogP contribution in [0.3, 0.4) is 0 Å². The van der Waals surface area contributed by atoms with E-state index in [-0.39, 0.29) is 12.5 Å². The van der Waals surface area contributed by atoms with Gasteiger partial charge < -0.3 is 15.5 Å². The number of aliphatic hydroxyl groups excluding tert-OH is 2. The standard InChI is InChI=1S/C55H101NO3/c1-3-5-7-9-11-13-14-15-16-17-18-19-20-21-22-23-24-25-26-27-28-29-30-31-32-33-34-35-36-37-38-39-40-41-42-43-45-47-49-51-55(59)56-53(52-57)54(58)50-48-46-44-12-10-8-6-4-2/h5,7,11,13,15-16,18-19,21-22,53-54,57-58H,3-4,6,8-10,12,14,17,20,23-52H2,1-2H3,(H,56,59)/b7-5-,13-11-,16-15-,19-18-,22-21-. The van der Waals surface area contributed by atoms with Crippen LogP contribution in [0.15, 0.2) is 60.8 Å². The van der Waals surface area contributed by atoms with E-state index in [4.69, 9.17) is 0 Å². The Morgan fingerprint density at radius 3 is 1.12 bits per heavy atom. The fourth-order valence-corrected chi connectivity index (χ4v) is 7.86. The summed E-state index contributed by atoms with van der Waals surface area (Å²) in [6, 6.07) is -0.532. The zero-order chi connectivity index (χ0) is 42.8. The van der Waals surface area contributed by atoms with E-state index < -0.39 is 12.1 Å². The summed E-state index contributed by atoms with van der Waals surface area (Å²) < 4.78 is 0. The van der Waals surface area contributed by atoms with E-state index >= 15 is 0 Å². The normalized spacial score (nSPS) is 13.4. The molecule has 0 aliphatic rings. The minimum Gasteiger partial charge on any atom is -0.394 e. The Labute approximate surface area is 368 Å². The van der Waals surface area contributed by atoms with Crippen LogP contribution in [-0.2, 0) is 4.79 Å². The van der Waals surface area contributed by atoms with Crippen molar-refractivity contribution in [2.24, 2.45) is 0 Å². The summed E-state index contributed by atoms with van der Waals surface area (Å²) in [5.41, 5.74) is 0. The highest BCUT2D eigenvalue weighted by Gasteiger charge is 2.20. The number of carbonyl (C=O) groups excluding carboxylic acids is 1. The highest BCUT2D eigenvalue weighted by Crippen LogP contribution is 2.17. The van der Waals surface area contributed by atoms with E-state index in [9.17, 15) is 15.0 Å². The molecule has 2 atom stereocenters. The maximum atomic E-state index is 12.4. The van der Waals surface area contributed by atoms with Gasteiger partial charge in [0.15, 0.2) is 0 Å². The van der Waals surface area contributed by atoms with Gasteiger partial charge in [0, 0.05) is 6.42 Å². The number of aliphatic hydroxyl groups is 2.